The first kappa shape index (κ1) is 18.3. The van der Waals surface area contributed by atoms with E-state index >= 15 is 0 Å². The van der Waals surface area contributed by atoms with Crippen LogP contribution in [0.4, 0.5) is 4.79 Å². The third-order valence-corrected chi connectivity index (χ3v) is 6.26. The fourth-order valence-corrected chi connectivity index (χ4v) is 4.45. The number of likely N-dealkylation sites (tertiary alicyclic amines) is 2. The second-order valence-corrected chi connectivity index (χ2v) is 8.09. The molecule has 4 rings (SSSR count). The molecule has 0 bridgehead atoms. The average molecular weight is 370 g/mol. The predicted octanol–water partition coefficient (Wildman–Crippen LogP) is 3.10. The van der Waals surface area contributed by atoms with Gasteiger partial charge in [-0.15, -0.1) is 0 Å². The summed E-state index contributed by atoms with van der Waals surface area (Å²) in [5, 5.41) is 3.16. The first-order chi connectivity index (χ1) is 13.1. The van der Waals surface area contributed by atoms with Crippen molar-refractivity contribution in [1.29, 1.82) is 0 Å². The zero-order valence-corrected chi connectivity index (χ0v) is 16.5. The first-order valence-corrected chi connectivity index (χ1v) is 10.3. The van der Waals surface area contributed by atoms with E-state index in [1.54, 1.807) is 0 Å². The maximum Gasteiger partial charge on any atom is 0.317 e. The molecule has 0 saturated carbocycles. The number of benzene rings is 1. The molecule has 0 aliphatic carbocycles. The number of aromatic amines is 1. The summed E-state index contributed by atoms with van der Waals surface area (Å²) >= 11 is 0. The lowest BCUT2D eigenvalue weighted by Gasteiger charge is -2.31. The number of carbonyl (C=O) groups is 1. The standard InChI is InChI=1S/C21H31N5O/c1-3-25-10-7-16(14-25)13-22-21(27)26-11-8-17(9-12-26)20-23-18-6-4-5-15(2)19(18)24-20/h4-6,16-17H,3,7-14H2,1-2H3,(H,22,27)(H,23,24)/t16-/m0/s1. The number of rotatable bonds is 4. The molecule has 2 aliphatic heterocycles. The van der Waals surface area contributed by atoms with Crippen LogP contribution in [0.2, 0.25) is 0 Å². The summed E-state index contributed by atoms with van der Waals surface area (Å²) in [6.07, 6.45) is 3.14. The van der Waals surface area contributed by atoms with E-state index in [2.05, 4.69) is 47.2 Å². The van der Waals surface area contributed by atoms with Gasteiger partial charge < -0.3 is 20.1 Å². The van der Waals surface area contributed by atoms with Crippen molar-refractivity contribution in [3.8, 4) is 0 Å². The van der Waals surface area contributed by atoms with Gasteiger partial charge in [-0.3, -0.25) is 0 Å². The minimum atomic E-state index is 0.101. The second kappa shape index (κ2) is 7.89. The summed E-state index contributed by atoms with van der Waals surface area (Å²) in [6, 6.07) is 6.36. The lowest BCUT2D eigenvalue weighted by molar-refractivity contribution is 0.179. The van der Waals surface area contributed by atoms with Crippen molar-refractivity contribution >= 4 is 17.1 Å². The molecule has 0 unspecified atom stereocenters. The number of fused-ring (bicyclic) bond motifs is 1. The normalized spacial score (nSPS) is 21.9. The van der Waals surface area contributed by atoms with Gasteiger partial charge >= 0.3 is 6.03 Å². The highest BCUT2D eigenvalue weighted by molar-refractivity contribution is 5.78. The SMILES string of the molecule is CCN1CC[C@@H](CNC(=O)N2CCC(c3nc4c(C)cccc4[nH]3)CC2)C1. The Bertz CT molecular complexity index is 793. The number of imidazole rings is 1. The molecule has 2 N–H and O–H groups in total. The van der Waals surface area contributed by atoms with E-state index in [-0.39, 0.29) is 6.03 Å². The molecule has 0 radical (unpaired) electrons. The summed E-state index contributed by atoms with van der Waals surface area (Å²) in [5.74, 6) is 2.09. The molecule has 0 spiro atoms. The molecule has 6 nitrogen and oxygen atoms in total. The monoisotopic (exact) mass is 369 g/mol. The number of piperidine rings is 1. The predicted molar refractivity (Wildman–Crippen MR) is 108 cm³/mol. The van der Waals surface area contributed by atoms with Gasteiger partial charge in [0, 0.05) is 32.1 Å². The minimum absolute atomic E-state index is 0.101. The quantitative estimate of drug-likeness (QED) is 0.870. The molecule has 2 aromatic rings. The molecule has 1 aromatic heterocycles. The molecule has 2 fully saturated rings. The summed E-state index contributed by atoms with van der Waals surface area (Å²) in [4.78, 5) is 25.3. The average Bonchev–Trinajstić information content (AvgIpc) is 3.34. The number of nitrogens with zero attached hydrogens (tertiary/aromatic N) is 3. The molecule has 6 heteroatoms. The highest BCUT2D eigenvalue weighted by Gasteiger charge is 2.27. The van der Waals surface area contributed by atoms with Crippen LogP contribution in [0.1, 0.15) is 43.5 Å². The van der Waals surface area contributed by atoms with Crippen LogP contribution in [0.3, 0.4) is 0 Å². The van der Waals surface area contributed by atoms with Crippen molar-refractivity contribution in [1.82, 2.24) is 25.1 Å². The van der Waals surface area contributed by atoms with Gasteiger partial charge in [0.25, 0.3) is 0 Å². The van der Waals surface area contributed by atoms with Gasteiger partial charge in [0.1, 0.15) is 5.82 Å². The van der Waals surface area contributed by atoms with Crippen LogP contribution in [0, 0.1) is 12.8 Å². The molecule has 146 valence electrons. The fourth-order valence-electron chi connectivity index (χ4n) is 4.45. The number of hydrogen-bond acceptors (Lipinski definition) is 3. The second-order valence-electron chi connectivity index (χ2n) is 8.09. The van der Waals surface area contributed by atoms with E-state index in [1.165, 1.54) is 18.5 Å². The third-order valence-electron chi connectivity index (χ3n) is 6.26. The molecule has 27 heavy (non-hydrogen) atoms. The van der Waals surface area contributed by atoms with Crippen molar-refractivity contribution in [3.05, 3.63) is 29.6 Å². The van der Waals surface area contributed by atoms with Crippen LogP contribution in [-0.2, 0) is 0 Å². The summed E-state index contributed by atoms with van der Waals surface area (Å²) < 4.78 is 0. The largest absolute Gasteiger partial charge is 0.342 e. The van der Waals surface area contributed by atoms with E-state index in [0.29, 0.717) is 11.8 Å². The van der Waals surface area contributed by atoms with Gasteiger partial charge in [0.2, 0.25) is 0 Å². The molecular formula is C21H31N5O. The molecule has 2 amide bonds. The number of hydrogen-bond donors (Lipinski definition) is 2. The Kier molecular flexibility index (Phi) is 5.34. The summed E-state index contributed by atoms with van der Waals surface area (Å²) in [6.45, 7) is 10.1. The highest BCUT2D eigenvalue weighted by atomic mass is 16.2. The number of amides is 2. The lowest BCUT2D eigenvalue weighted by Crippen LogP contribution is -2.45. The Hall–Kier alpha value is -2.08. The van der Waals surface area contributed by atoms with Crippen LogP contribution >= 0.6 is 0 Å². The third kappa shape index (κ3) is 3.95. The highest BCUT2D eigenvalue weighted by Crippen LogP contribution is 2.28. The van der Waals surface area contributed by atoms with Crippen molar-refractivity contribution in [2.45, 2.75) is 39.0 Å². The lowest BCUT2D eigenvalue weighted by atomic mass is 9.96. The van der Waals surface area contributed by atoms with E-state index in [4.69, 9.17) is 4.98 Å². The Labute approximate surface area is 161 Å². The van der Waals surface area contributed by atoms with Gasteiger partial charge in [-0.05, 0) is 56.8 Å². The Morgan fingerprint density at radius 2 is 2.07 bits per heavy atom. The number of aryl methyl sites for hydroxylation is 1. The molecule has 1 atom stereocenters. The van der Waals surface area contributed by atoms with Gasteiger partial charge in [-0.1, -0.05) is 19.1 Å². The van der Waals surface area contributed by atoms with E-state index < -0.39 is 0 Å². The first-order valence-electron chi connectivity index (χ1n) is 10.3. The maximum atomic E-state index is 12.5. The van der Waals surface area contributed by atoms with Crippen LogP contribution in [-0.4, -0.2) is 65.1 Å². The topological polar surface area (TPSA) is 64.3 Å². The van der Waals surface area contributed by atoms with E-state index in [9.17, 15) is 4.79 Å². The number of aromatic nitrogens is 2. The Morgan fingerprint density at radius 1 is 1.26 bits per heavy atom. The van der Waals surface area contributed by atoms with E-state index in [0.717, 1.165) is 62.4 Å². The Morgan fingerprint density at radius 3 is 2.78 bits per heavy atom. The van der Waals surface area contributed by atoms with Crippen LogP contribution in [0.25, 0.3) is 11.0 Å². The van der Waals surface area contributed by atoms with Crippen LogP contribution in [0.15, 0.2) is 18.2 Å². The summed E-state index contributed by atoms with van der Waals surface area (Å²) in [7, 11) is 0. The molecule has 2 aliphatic rings. The summed E-state index contributed by atoms with van der Waals surface area (Å²) in [5.41, 5.74) is 3.40. The minimum Gasteiger partial charge on any atom is -0.342 e. The number of urea groups is 1. The van der Waals surface area contributed by atoms with Crippen LogP contribution < -0.4 is 5.32 Å². The molecule has 2 saturated heterocycles. The fraction of sp³-hybridized carbons (Fsp3) is 0.619. The van der Waals surface area contributed by atoms with Crippen molar-refractivity contribution in [3.63, 3.8) is 0 Å². The van der Waals surface area contributed by atoms with Gasteiger partial charge in [0.05, 0.1) is 11.0 Å². The van der Waals surface area contributed by atoms with Crippen molar-refractivity contribution < 1.29 is 4.79 Å². The molecule has 1 aromatic carbocycles. The molecular weight excluding hydrogens is 338 g/mol. The van der Waals surface area contributed by atoms with Gasteiger partial charge in [-0.25, -0.2) is 9.78 Å². The van der Waals surface area contributed by atoms with Crippen molar-refractivity contribution in [2.75, 3.05) is 39.3 Å². The van der Waals surface area contributed by atoms with Gasteiger partial charge in [0.15, 0.2) is 0 Å². The number of nitrogens with one attached hydrogen (secondary N) is 2. The smallest absolute Gasteiger partial charge is 0.317 e. The number of carbonyl (C=O) groups excluding carboxylic acids is 1. The zero-order chi connectivity index (χ0) is 18.8. The van der Waals surface area contributed by atoms with Crippen molar-refractivity contribution in [2.24, 2.45) is 5.92 Å². The number of para-hydroxylation sites is 1. The molecule has 3 heterocycles. The van der Waals surface area contributed by atoms with E-state index in [1.807, 2.05) is 4.90 Å². The van der Waals surface area contributed by atoms with Gasteiger partial charge in [-0.2, -0.15) is 0 Å². The number of H-pyrrole nitrogens is 1. The van der Waals surface area contributed by atoms with Crippen LogP contribution in [0.5, 0.6) is 0 Å². The Balaban J connectivity index is 1.28. The zero-order valence-electron chi connectivity index (χ0n) is 16.5. The maximum absolute atomic E-state index is 12.5.